The number of thiophene rings is 1. The molecule has 6 heterocycles. The van der Waals surface area contributed by atoms with E-state index < -0.39 is 5.66 Å². The van der Waals surface area contributed by atoms with Crippen LogP contribution in [-0.4, -0.2) is 0 Å². The Morgan fingerprint density at radius 2 is 1.38 bits per heavy atom. The molecular weight excluding hydrogens is 629 g/mol. The van der Waals surface area contributed by atoms with Gasteiger partial charge in [0.2, 0.25) is 11.4 Å². The van der Waals surface area contributed by atoms with Gasteiger partial charge < -0.3 is 4.42 Å². The Morgan fingerprint density at radius 1 is 0.620 bits per heavy atom. The average Bonchev–Trinajstić information content (AvgIpc) is 3.79. The van der Waals surface area contributed by atoms with Crippen molar-refractivity contribution in [3.05, 3.63) is 141 Å². The summed E-state index contributed by atoms with van der Waals surface area (Å²) in [5, 5.41) is 3.59. The molecule has 0 saturated heterocycles. The largest absolute Gasteiger partial charge is 0.454 e. The fourth-order valence-electron chi connectivity index (χ4n) is 8.95. The lowest BCUT2D eigenvalue weighted by atomic mass is 9.81. The molecule has 10 rings (SSSR count). The van der Waals surface area contributed by atoms with E-state index in [2.05, 4.69) is 162 Å². The van der Waals surface area contributed by atoms with E-state index in [4.69, 9.17) is 4.42 Å². The second-order valence-corrected chi connectivity index (χ2v) is 17.0. The molecule has 4 aromatic carbocycles. The first kappa shape index (κ1) is 29.8. The van der Waals surface area contributed by atoms with Gasteiger partial charge in [0, 0.05) is 38.9 Å². The third kappa shape index (κ3) is 3.70. The van der Waals surface area contributed by atoms with Crippen LogP contribution in [0.25, 0.3) is 65.7 Å². The van der Waals surface area contributed by atoms with Crippen molar-refractivity contribution in [2.24, 2.45) is 0 Å². The van der Waals surface area contributed by atoms with Crippen LogP contribution in [0.3, 0.4) is 0 Å². The monoisotopic (exact) mass is 668 g/mol. The Hall–Kier alpha value is -5.06. The van der Waals surface area contributed by atoms with Crippen molar-refractivity contribution in [1.82, 2.24) is 0 Å². The minimum absolute atomic E-state index is 0.113. The number of aryl methyl sites for hydroxylation is 5. The predicted molar refractivity (Wildman–Crippen MR) is 206 cm³/mol. The maximum atomic E-state index is 7.18. The van der Waals surface area contributed by atoms with Gasteiger partial charge in [0.15, 0.2) is 18.0 Å². The lowest BCUT2D eigenvalue weighted by Crippen LogP contribution is -2.71. The van der Waals surface area contributed by atoms with Gasteiger partial charge in [0.05, 0.1) is 10.3 Å². The molecule has 8 aromatic rings. The van der Waals surface area contributed by atoms with Crippen molar-refractivity contribution in [2.45, 2.75) is 66.5 Å². The van der Waals surface area contributed by atoms with Crippen molar-refractivity contribution in [1.29, 1.82) is 0 Å². The summed E-state index contributed by atoms with van der Waals surface area (Å²) in [7, 11) is 0. The molecule has 2 aliphatic rings. The lowest BCUT2D eigenvalue weighted by Gasteiger charge is -2.24. The molecule has 0 aliphatic carbocycles. The van der Waals surface area contributed by atoms with Crippen molar-refractivity contribution in [3.63, 3.8) is 0 Å². The van der Waals surface area contributed by atoms with Gasteiger partial charge in [-0.15, -0.1) is 20.5 Å². The predicted octanol–water partition coefficient (Wildman–Crippen LogP) is 11.1. The van der Waals surface area contributed by atoms with Crippen molar-refractivity contribution in [3.8, 4) is 33.6 Å². The zero-order chi connectivity index (χ0) is 34.4. The van der Waals surface area contributed by atoms with E-state index in [1.54, 1.807) is 0 Å². The van der Waals surface area contributed by atoms with Crippen LogP contribution in [0.2, 0.25) is 0 Å². The van der Waals surface area contributed by atoms with Crippen LogP contribution in [0, 0.1) is 34.6 Å². The molecule has 50 heavy (non-hydrogen) atoms. The van der Waals surface area contributed by atoms with E-state index in [1.807, 2.05) is 11.3 Å². The van der Waals surface area contributed by atoms with Crippen LogP contribution in [0.15, 0.2) is 102 Å². The fourth-order valence-corrected chi connectivity index (χ4v) is 9.95. The van der Waals surface area contributed by atoms with Gasteiger partial charge >= 0.3 is 5.66 Å². The highest BCUT2D eigenvalue weighted by atomic mass is 32.1. The number of nitrogens with zero attached hydrogens (tertiary/aromatic N) is 2. The van der Waals surface area contributed by atoms with E-state index in [0.717, 1.165) is 11.2 Å². The summed E-state index contributed by atoms with van der Waals surface area (Å²) in [6, 6.07) is 32.2. The molecule has 1 atom stereocenters. The maximum absolute atomic E-state index is 7.18. The molecule has 0 radical (unpaired) electrons. The number of aromatic nitrogens is 2. The molecule has 0 saturated carbocycles. The van der Waals surface area contributed by atoms with Crippen molar-refractivity contribution >= 4 is 43.4 Å². The summed E-state index contributed by atoms with van der Waals surface area (Å²) in [4.78, 5) is 1.30. The van der Waals surface area contributed by atoms with Crippen LogP contribution < -0.4 is 9.13 Å². The van der Waals surface area contributed by atoms with Gasteiger partial charge in [-0.3, -0.25) is 0 Å². The number of hydrogen-bond acceptors (Lipinski definition) is 2. The van der Waals surface area contributed by atoms with Crippen LogP contribution in [0.4, 0.5) is 0 Å². The van der Waals surface area contributed by atoms with Gasteiger partial charge in [-0.1, -0.05) is 62.7 Å². The Morgan fingerprint density at radius 3 is 2.18 bits per heavy atom. The zero-order valence-corrected chi connectivity index (χ0v) is 30.8. The highest BCUT2D eigenvalue weighted by Crippen LogP contribution is 2.52. The molecule has 0 bridgehead atoms. The molecule has 2 aliphatic heterocycles. The van der Waals surface area contributed by atoms with Gasteiger partial charge in [0.1, 0.15) is 22.3 Å². The third-order valence-corrected chi connectivity index (χ3v) is 12.5. The zero-order valence-electron chi connectivity index (χ0n) is 29.9. The van der Waals surface area contributed by atoms with E-state index in [0.29, 0.717) is 0 Å². The number of hydrogen-bond donors (Lipinski definition) is 0. The Balaban J connectivity index is 1.44. The lowest BCUT2D eigenvalue weighted by molar-refractivity contribution is -0.955. The maximum Gasteiger partial charge on any atom is 0.417 e. The first-order valence-corrected chi connectivity index (χ1v) is 18.5. The van der Waals surface area contributed by atoms with Gasteiger partial charge in [-0.05, 0) is 104 Å². The second kappa shape index (κ2) is 9.80. The van der Waals surface area contributed by atoms with Crippen LogP contribution >= 0.6 is 11.3 Å². The van der Waals surface area contributed by atoms with Gasteiger partial charge in [-0.25, -0.2) is 0 Å². The molecule has 3 nitrogen and oxygen atoms in total. The Bertz CT molecular complexity index is 2810. The summed E-state index contributed by atoms with van der Waals surface area (Å²) in [5.41, 5.74) is 17.7. The summed E-state index contributed by atoms with van der Waals surface area (Å²) in [5.74, 6) is 0. The van der Waals surface area contributed by atoms with Crippen LogP contribution in [-0.2, 0) is 11.1 Å². The third-order valence-electron chi connectivity index (χ3n) is 11.5. The fraction of sp³-hybridized carbons (Fsp3) is 0.217. The van der Waals surface area contributed by atoms with Gasteiger partial charge in [0.25, 0.3) is 0 Å². The first-order chi connectivity index (χ1) is 24.0. The van der Waals surface area contributed by atoms with Crippen LogP contribution in [0.5, 0.6) is 0 Å². The molecule has 4 aromatic heterocycles. The molecule has 0 N–H and O–H groups in total. The molecular formula is C46H40N2OS+2. The second-order valence-electron chi connectivity index (χ2n) is 15.7. The van der Waals surface area contributed by atoms with E-state index >= 15 is 0 Å². The minimum atomic E-state index is -0.633. The quantitative estimate of drug-likeness (QED) is 0.160. The number of fused-ring (bicyclic) bond motifs is 16. The van der Waals surface area contributed by atoms with E-state index in [-0.39, 0.29) is 5.41 Å². The smallest absolute Gasteiger partial charge is 0.417 e. The highest BCUT2D eigenvalue weighted by molar-refractivity contribution is 7.20. The summed E-state index contributed by atoms with van der Waals surface area (Å²) >= 11 is 1.82. The molecule has 4 heteroatoms. The number of furan rings is 1. The van der Waals surface area contributed by atoms with E-state index in [9.17, 15) is 0 Å². The standard InChI is InChI=1S/C46H40N2OS/c1-25-13-15-34-37(19-25)46(47-23-28(4)27(3)20-39(34)47)36-18-17-32-33-16-14-30-21-29(5)50-44(30)43(33)49-42(32)41(36)40-22-35(31-12-10-9-11-26(31)2)38(24-48(40)46)45(6,7)8/h9-24H,1-8H3/q+2. The number of pyridine rings is 2. The molecule has 244 valence electrons. The molecule has 1 unspecified atom stereocenters. The molecule has 0 amide bonds. The van der Waals surface area contributed by atoms with Crippen LogP contribution in [0.1, 0.15) is 64.6 Å². The average molecular weight is 669 g/mol. The highest BCUT2D eigenvalue weighted by Gasteiger charge is 2.67. The minimum Gasteiger partial charge on any atom is -0.454 e. The summed E-state index contributed by atoms with van der Waals surface area (Å²) < 4.78 is 13.6. The Kier molecular flexibility index (Phi) is 5.84. The summed E-state index contributed by atoms with van der Waals surface area (Å²) in [6.07, 6.45) is 4.87. The Labute approximate surface area is 297 Å². The summed E-state index contributed by atoms with van der Waals surface area (Å²) in [6.45, 7) is 18.1. The normalized spacial score (nSPS) is 16.1. The molecule has 0 fully saturated rings. The molecule has 1 spiro atoms. The topological polar surface area (TPSA) is 20.9 Å². The van der Waals surface area contributed by atoms with Gasteiger partial charge in [-0.2, -0.15) is 0 Å². The van der Waals surface area contributed by atoms with E-state index in [1.165, 1.54) is 98.3 Å². The first-order valence-electron chi connectivity index (χ1n) is 17.7. The van der Waals surface area contributed by atoms with Crippen molar-refractivity contribution < 1.29 is 13.6 Å². The van der Waals surface area contributed by atoms with Crippen molar-refractivity contribution in [2.75, 3.05) is 0 Å². The SMILES string of the molecule is Cc1ccc2c(c1)C1(c3ccc4c(oc5c4ccc4cc(C)sc45)c3-c3cc(-c4ccccc4C)c(C(C)(C)C)c[n+]31)[n+]1cc(C)c(C)cc1-2. The number of rotatable bonds is 1. The number of benzene rings is 4.